The van der Waals surface area contributed by atoms with Crippen LogP contribution >= 0.6 is 0 Å². The number of aromatic carboxylic acids is 1. The summed E-state index contributed by atoms with van der Waals surface area (Å²) in [6, 6.07) is 20.5. The first-order valence-corrected chi connectivity index (χ1v) is 8.93. The minimum absolute atomic E-state index is 0.172. The van der Waals surface area contributed by atoms with E-state index >= 15 is 0 Å². The van der Waals surface area contributed by atoms with Crippen molar-refractivity contribution in [1.82, 2.24) is 0 Å². The molecule has 0 radical (unpaired) electrons. The van der Waals surface area contributed by atoms with Gasteiger partial charge in [0, 0.05) is 0 Å². The van der Waals surface area contributed by atoms with Gasteiger partial charge >= 0.3 is 5.97 Å². The number of nitrogens with zero attached hydrogens (tertiary/aromatic N) is 1. The van der Waals surface area contributed by atoms with Gasteiger partial charge in [0.15, 0.2) is 0 Å². The van der Waals surface area contributed by atoms with Gasteiger partial charge in [0.1, 0.15) is 12.4 Å². The Labute approximate surface area is 164 Å². The lowest BCUT2D eigenvalue weighted by molar-refractivity contribution is 0.0698. The average Bonchev–Trinajstić information content (AvgIpc) is 2.69. The van der Waals surface area contributed by atoms with Crippen LogP contribution in [0, 0.1) is 13.8 Å². The van der Waals surface area contributed by atoms with E-state index in [1.165, 1.54) is 17.2 Å². The number of aryl methyl sites for hydroxylation is 2. The number of carboxylic acid groups (broad SMARTS) is 1. The molecule has 0 aliphatic heterocycles. The molecule has 142 valence electrons. The van der Waals surface area contributed by atoms with Gasteiger partial charge in [-0.3, -0.25) is 5.43 Å². The predicted octanol–water partition coefficient (Wildman–Crippen LogP) is 5.03. The number of para-hydroxylation sites is 1. The van der Waals surface area contributed by atoms with Crippen molar-refractivity contribution in [3.8, 4) is 5.75 Å². The van der Waals surface area contributed by atoms with Gasteiger partial charge < -0.3 is 9.84 Å². The summed E-state index contributed by atoms with van der Waals surface area (Å²) in [6.07, 6.45) is 1.63. The highest BCUT2D eigenvalue weighted by atomic mass is 16.5. The smallest absolute Gasteiger partial charge is 0.337 e. The largest absolute Gasteiger partial charge is 0.489 e. The van der Waals surface area contributed by atoms with Crippen molar-refractivity contribution >= 4 is 17.9 Å². The van der Waals surface area contributed by atoms with Crippen LogP contribution in [0.15, 0.2) is 71.8 Å². The molecule has 3 aromatic rings. The summed E-state index contributed by atoms with van der Waals surface area (Å²) in [5.74, 6) is -0.254. The Balaban J connectivity index is 1.66. The molecule has 5 nitrogen and oxygen atoms in total. The molecule has 0 unspecified atom stereocenters. The van der Waals surface area contributed by atoms with Crippen LogP contribution in [0.25, 0.3) is 0 Å². The van der Waals surface area contributed by atoms with Crippen LogP contribution in [0.3, 0.4) is 0 Å². The van der Waals surface area contributed by atoms with Gasteiger partial charge in [-0.25, -0.2) is 4.79 Å². The van der Waals surface area contributed by atoms with Crippen LogP contribution in [-0.2, 0) is 6.61 Å². The second kappa shape index (κ2) is 8.86. The Morgan fingerprint density at radius 1 is 1.07 bits per heavy atom. The molecular weight excluding hydrogens is 352 g/mol. The van der Waals surface area contributed by atoms with E-state index in [0.29, 0.717) is 12.3 Å². The molecule has 3 rings (SSSR count). The lowest BCUT2D eigenvalue weighted by Crippen LogP contribution is -2.02. The summed E-state index contributed by atoms with van der Waals surface area (Å²) < 4.78 is 5.92. The molecule has 2 N–H and O–H groups in total. The first-order valence-electron chi connectivity index (χ1n) is 8.93. The highest BCUT2D eigenvalue weighted by molar-refractivity contribution is 5.94. The Bertz CT molecular complexity index is 1010. The maximum absolute atomic E-state index is 11.2. The molecule has 0 aliphatic carbocycles. The first kappa shape index (κ1) is 19.2. The number of hydrogen-bond donors (Lipinski definition) is 2. The molecular formula is C23H22N2O3. The summed E-state index contributed by atoms with van der Waals surface area (Å²) in [5.41, 5.74) is 7.80. The van der Waals surface area contributed by atoms with Crippen LogP contribution in [0.5, 0.6) is 5.75 Å². The Morgan fingerprint density at radius 2 is 1.89 bits per heavy atom. The molecule has 0 heterocycles. The van der Waals surface area contributed by atoms with E-state index < -0.39 is 5.97 Å². The first-order chi connectivity index (χ1) is 13.5. The molecule has 0 aromatic heterocycles. The molecule has 0 saturated carbocycles. The van der Waals surface area contributed by atoms with Crippen molar-refractivity contribution in [1.29, 1.82) is 0 Å². The molecule has 0 atom stereocenters. The lowest BCUT2D eigenvalue weighted by Gasteiger charge is -2.10. The summed E-state index contributed by atoms with van der Waals surface area (Å²) in [4.78, 5) is 11.2. The van der Waals surface area contributed by atoms with Crippen LogP contribution in [-0.4, -0.2) is 17.3 Å². The number of anilines is 1. The topological polar surface area (TPSA) is 70.9 Å². The van der Waals surface area contributed by atoms with E-state index in [0.717, 1.165) is 16.9 Å². The van der Waals surface area contributed by atoms with Gasteiger partial charge in [-0.05, 0) is 54.8 Å². The fourth-order valence-electron chi connectivity index (χ4n) is 2.74. The zero-order chi connectivity index (χ0) is 19.9. The van der Waals surface area contributed by atoms with E-state index in [9.17, 15) is 9.90 Å². The average molecular weight is 374 g/mol. The van der Waals surface area contributed by atoms with Crippen molar-refractivity contribution < 1.29 is 14.6 Å². The van der Waals surface area contributed by atoms with Gasteiger partial charge in [-0.15, -0.1) is 0 Å². The zero-order valence-corrected chi connectivity index (χ0v) is 15.8. The third kappa shape index (κ3) is 4.98. The van der Waals surface area contributed by atoms with E-state index in [1.54, 1.807) is 24.4 Å². The molecule has 0 bridgehead atoms. The molecule has 0 spiro atoms. The van der Waals surface area contributed by atoms with Crippen molar-refractivity contribution in [3.05, 3.63) is 94.5 Å². The molecule has 0 fully saturated rings. The summed E-state index contributed by atoms with van der Waals surface area (Å²) in [7, 11) is 0. The monoisotopic (exact) mass is 374 g/mol. The van der Waals surface area contributed by atoms with Crippen molar-refractivity contribution in [2.45, 2.75) is 20.5 Å². The van der Waals surface area contributed by atoms with E-state index in [4.69, 9.17) is 4.74 Å². The Hall–Kier alpha value is -3.60. The number of ether oxygens (including phenoxy) is 1. The summed E-state index contributed by atoms with van der Waals surface area (Å²) in [6.45, 7) is 4.63. The maximum Gasteiger partial charge on any atom is 0.337 e. The normalized spacial score (nSPS) is 10.8. The van der Waals surface area contributed by atoms with Crippen molar-refractivity contribution in [2.24, 2.45) is 5.10 Å². The minimum Gasteiger partial charge on any atom is -0.489 e. The minimum atomic E-state index is -1.000. The Morgan fingerprint density at radius 3 is 2.71 bits per heavy atom. The number of rotatable bonds is 7. The Kier molecular flexibility index (Phi) is 6.07. The van der Waals surface area contributed by atoms with Crippen LogP contribution < -0.4 is 10.2 Å². The van der Waals surface area contributed by atoms with E-state index in [1.807, 2.05) is 24.3 Å². The number of nitrogens with one attached hydrogen (secondary N) is 1. The number of hydrazone groups is 1. The van der Waals surface area contributed by atoms with Crippen LogP contribution in [0.2, 0.25) is 0 Å². The summed E-state index contributed by atoms with van der Waals surface area (Å²) >= 11 is 0. The third-order valence-electron chi connectivity index (χ3n) is 4.31. The fourth-order valence-corrected chi connectivity index (χ4v) is 2.74. The second-order valence-corrected chi connectivity index (χ2v) is 6.51. The highest BCUT2D eigenvalue weighted by Gasteiger charge is 2.07. The van der Waals surface area contributed by atoms with Gasteiger partial charge in [0.25, 0.3) is 0 Å². The quantitative estimate of drug-likeness (QED) is 0.450. The number of benzene rings is 3. The number of carbonyl (C=O) groups is 1. The molecule has 0 saturated heterocycles. The van der Waals surface area contributed by atoms with Gasteiger partial charge in [-0.1, -0.05) is 48.0 Å². The van der Waals surface area contributed by atoms with Gasteiger partial charge in [-0.2, -0.15) is 5.10 Å². The number of hydrogen-bond acceptors (Lipinski definition) is 4. The molecule has 28 heavy (non-hydrogen) atoms. The predicted molar refractivity (Wildman–Crippen MR) is 111 cm³/mol. The van der Waals surface area contributed by atoms with Crippen molar-refractivity contribution in [3.63, 3.8) is 0 Å². The van der Waals surface area contributed by atoms with Crippen LogP contribution in [0.4, 0.5) is 5.69 Å². The molecule has 0 aliphatic rings. The maximum atomic E-state index is 11.2. The molecule has 3 aromatic carbocycles. The van der Waals surface area contributed by atoms with Crippen LogP contribution in [0.1, 0.15) is 32.6 Å². The van der Waals surface area contributed by atoms with Crippen molar-refractivity contribution in [2.75, 3.05) is 5.43 Å². The SMILES string of the molecule is Cc1ccc(C)c(COc2cccc(C=NNc3ccccc3C(=O)O)c2)c1. The number of carboxylic acids is 1. The second-order valence-electron chi connectivity index (χ2n) is 6.51. The highest BCUT2D eigenvalue weighted by Crippen LogP contribution is 2.18. The third-order valence-corrected chi connectivity index (χ3v) is 4.31. The fraction of sp³-hybridized carbons (Fsp3) is 0.130. The zero-order valence-electron chi connectivity index (χ0n) is 15.8. The standard InChI is InChI=1S/C23H22N2O3/c1-16-10-11-17(2)19(12-16)15-28-20-7-5-6-18(13-20)14-24-25-22-9-4-3-8-21(22)23(26)27/h3-14,25H,15H2,1-2H3,(H,26,27). The summed E-state index contributed by atoms with van der Waals surface area (Å²) in [5, 5.41) is 13.3. The van der Waals surface area contributed by atoms with E-state index in [2.05, 4.69) is 42.6 Å². The van der Waals surface area contributed by atoms with Gasteiger partial charge in [0.05, 0.1) is 17.5 Å². The van der Waals surface area contributed by atoms with E-state index in [-0.39, 0.29) is 5.56 Å². The molecule has 0 amide bonds. The molecule has 5 heteroatoms. The lowest BCUT2D eigenvalue weighted by atomic mass is 10.1. The van der Waals surface area contributed by atoms with Gasteiger partial charge in [0.2, 0.25) is 0 Å².